The Labute approximate surface area is 304 Å². The van der Waals surface area contributed by atoms with Gasteiger partial charge in [-0.05, 0) is 109 Å². The van der Waals surface area contributed by atoms with Crippen molar-refractivity contribution in [3.63, 3.8) is 0 Å². The fourth-order valence-corrected chi connectivity index (χ4v) is 8.19. The molecule has 1 aliphatic rings. The maximum absolute atomic E-state index is 5.12. The molecule has 7 aromatic carbocycles. The first-order chi connectivity index (χ1) is 25.2. The van der Waals surface area contributed by atoms with Gasteiger partial charge < -0.3 is 0 Å². The molecule has 0 unspecified atom stereocenters. The minimum atomic E-state index is 0.975. The van der Waals surface area contributed by atoms with Gasteiger partial charge in [0.05, 0.1) is 11.4 Å². The molecule has 0 saturated carbocycles. The Morgan fingerprint density at radius 3 is 1.27 bits per heavy atom. The van der Waals surface area contributed by atoms with Crippen LogP contribution < -0.4 is 0 Å². The molecule has 242 valence electrons. The summed E-state index contributed by atoms with van der Waals surface area (Å²) >= 11 is 2.00. The lowest BCUT2D eigenvalue weighted by Gasteiger charge is -2.15. The summed E-state index contributed by atoms with van der Waals surface area (Å²) in [4.78, 5) is 5.12. The molecule has 0 amide bonds. The highest BCUT2D eigenvalue weighted by Crippen LogP contribution is 2.42. The molecule has 0 saturated heterocycles. The highest BCUT2D eigenvalue weighted by molar-refractivity contribution is 7.97. The zero-order valence-electron chi connectivity index (χ0n) is 28.2. The Balaban J connectivity index is 1.14. The summed E-state index contributed by atoms with van der Waals surface area (Å²) in [5.74, 6) is 1.96. The van der Waals surface area contributed by atoms with E-state index in [2.05, 4.69) is 188 Å². The van der Waals surface area contributed by atoms with Gasteiger partial charge in [0.2, 0.25) is 0 Å². The van der Waals surface area contributed by atoms with Gasteiger partial charge in [0, 0.05) is 22.6 Å². The predicted octanol–water partition coefficient (Wildman–Crippen LogP) is 13.5. The quantitative estimate of drug-likeness (QED) is 0.175. The lowest BCUT2D eigenvalue weighted by molar-refractivity contribution is 1.32. The average Bonchev–Trinajstić information content (AvgIpc) is 3.40. The van der Waals surface area contributed by atoms with Gasteiger partial charge in [0.1, 0.15) is 0 Å². The van der Waals surface area contributed by atoms with E-state index in [1.54, 1.807) is 0 Å². The first-order valence-corrected chi connectivity index (χ1v) is 18.6. The van der Waals surface area contributed by atoms with Crippen LogP contribution in [-0.2, 0) is 11.5 Å². The minimum absolute atomic E-state index is 0.975. The number of thioether (sulfide) groups is 1. The third kappa shape index (κ3) is 6.43. The summed E-state index contributed by atoms with van der Waals surface area (Å²) in [5.41, 5.74) is 19.4. The number of fused-ring (bicyclic) bond motifs is 3. The lowest BCUT2D eigenvalue weighted by Crippen LogP contribution is -1.93. The SMILES string of the molecule is c1ccc(-c2cc(-c3ccccc3)cc(-c3ccc4c(c3)CSCc3ccc(-c5cc(-c6ccccc6)nc(-c6ccccc6)c5)cc3-4)c2)cc1. The topological polar surface area (TPSA) is 12.9 Å². The van der Waals surface area contributed by atoms with Crippen molar-refractivity contribution in [1.82, 2.24) is 4.98 Å². The molecule has 51 heavy (non-hydrogen) atoms. The van der Waals surface area contributed by atoms with Crippen molar-refractivity contribution in [2.75, 3.05) is 0 Å². The molecule has 1 aromatic heterocycles. The molecule has 0 radical (unpaired) electrons. The van der Waals surface area contributed by atoms with Gasteiger partial charge in [-0.2, -0.15) is 11.8 Å². The van der Waals surface area contributed by atoms with Crippen LogP contribution >= 0.6 is 11.8 Å². The van der Waals surface area contributed by atoms with Gasteiger partial charge in [-0.15, -0.1) is 0 Å². The molecule has 1 aliphatic heterocycles. The van der Waals surface area contributed by atoms with Crippen molar-refractivity contribution < 1.29 is 0 Å². The molecule has 2 heteroatoms. The van der Waals surface area contributed by atoms with Gasteiger partial charge in [-0.1, -0.05) is 146 Å². The van der Waals surface area contributed by atoms with Gasteiger partial charge in [0.25, 0.3) is 0 Å². The van der Waals surface area contributed by atoms with Crippen molar-refractivity contribution in [2.24, 2.45) is 0 Å². The molecular formula is C49H35NS. The fraction of sp³-hybridized carbons (Fsp3) is 0.0408. The van der Waals surface area contributed by atoms with E-state index in [0.29, 0.717) is 0 Å². The second kappa shape index (κ2) is 13.7. The Morgan fingerprint density at radius 2 is 0.725 bits per heavy atom. The molecule has 0 aliphatic carbocycles. The van der Waals surface area contributed by atoms with Gasteiger partial charge in [0.15, 0.2) is 0 Å². The standard InChI is InChI=1S/C49H35NS/c1-5-13-34(14-6-1)41-26-42(35-15-7-2-8-16-35)28-43(27-41)38-23-24-46-45(25-38)33-51-32-40-22-21-39(29-47(40)46)44-30-48(36-17-9-3-10-18-36)50-49(31-44)37-19-11-4-12-20-37/h1-31H,32-33H2. The zero-order valence-corrected chi connectivity index (χ0v) is 29.0. The summed E-state index contributed by atoms with van der Waals surface area (Å²) in [7, 11) is 0. The Kier molecular flexibility index (Phi) is 8.37. The van der Waals surface area contributed by atoms with Gasteiger partial charge in [-0.25, -0.2) is 4.98 Å². The summed E-state index contributed by atoms with van der Waals surface area (Å²) in [6.07, 6.45) is 0. The number of hydrogen-bond donors (Lipinski definition) is 0. The van der Waals surface area contributed by atoms with E-state index in [9.17, 15) is 0 Å². The lowest BCUT2D eigenvalue weighted by atomic mass is 9.89. The zero-order chi connectivity index (χ0) is 34.0. The highest BCUT2D eigenvalue weighted by atomic mass is 32.2. The van der Waals surface area contributed by atoms with Crippen LogP contribution in [0, 0.1) is 0 Å². The summed E-state index contributed by atoms with van der Waals surface area (Å²) in [6.45, 7) is 0. The van der Waals surface area contributed by atoms with Crippen LogP contribution in [0.15, 0.2) is 188 Å². The molecule has 2 heterocycles. The second-order valence-corrected chi connectivity index (χ2v) is 14.1. The van der Waals surface area contributed by atoms with E-state index in [0.717, 1.165) is 34.0 Å². The van der Waals surface area contributed by atoms with Crippen LogP contribution in [0.3, 0.4) is 0 Å². The molecule has 0 atom stereocenters. The summed E-state index contributed by atoms with van der Waals surface area (Å²) < 4.78 is 0. The van der Waals surface area contributed by atoms with Crippen LogP contribution in [0.25, 0.3) is 78.1 Å². The van der Waals surface area contributed by atoms with E-state index in [1.165, 1.54) is 66.8 Å². The number of nitrogens with zero attached hydrogens (tertiary/aromatic N) is 1. The van der Waals surface area contributed by atoms with E-state index in [1.807, 2.05) is 11.8 Å². The maximum atomic E-state index is 5.12. The third-order valence-corrected chi connectivity index (χ3v) is 10.8. The number of hydrogen-bond acceptors (Lipinski definition) is 2. The molecular weight excluding hydrogens is 635 g/mol. The Morgan fingerprint density at radius 1 is 0.294 bits per heavy atom. The molecule has 0 N–H and O–H groups in total. The summed E-state index contributed by atoms with van der Waals surface area (Å²) in [6, 6.07) is 68.0. The molecule has 1 nitrogen and oxygen atoms in total. The molecule has 8 aromatic rings. The van der Waals surface area contributed by atoms with Crippen LogP contribution in [0.1, 0.15) is 11.1 Å². The van der Waals surface area contributed by atoms with Crippen molar-refractivity contribution in [3.05, 3.63) is 199 Å². The van der Waals surface area contributed by atoms with Crippen LogP contribution in [-0.4, -0.2) is 4.98 Å². The van der Waals surface area contributed by atoms with Crippen molar-refractivity contribution in [1.29, 1.82) is 0 Å². The largest absolute Gasteiger partial charge is 0.248 e. The second-order valence-electron chi connectivity index (χ2n) is 13.1. The number of benzene rings is 7. The van der Waals surface area contributed by atoms with E-state index >= 15 is 0 Å². The first kappa shape index (κ1) is 31.1. The fourth-order valence-electron chi connectivity index (χ4n) is 7.16. The monoisotopic (exact) mass is 669 g/mol. The molecule has 0 fully saturated rings. The third-order valence-electron chi connectivity index (χ3n) is 9.80. The molecule has 0 bridgehead atoms. The minimum Gasteiger partial charge on any atom is -0.248 e. The van der Waals surface area contributed by atoms with Crippen molar-refractivity contribution in [2.45, 2.75) is 11.5 Å². The number of rotatable bonds is 6. The Hall–Kier alpha value is -5.96. The maximum Gasteiger partial charge on any atom is 0.0715 e. The number of pyridine rings is 1. The predicted molar refractivity (Wildman–Crippen MR) is 217 cm³/mol. The van der Waals surface area contributed by atoms with Crippen molar-refractivity contribution in [3.8, 4) is 78.1 Å². The van der Waals surface area contributed by atoms with Gasteiger partial charge in [-0.3, -0.25) is 0 Å². The van der Waals surface area contributed by atoms with E-state index in [4.69, 9.17) is 4.98 Å². The molecule has 0 spiro atoms. The Bertz CT molecular complexity index is 2360. The highest BCUT2D eigenvalue weighted by Gasteiger charge is 2.18. The number of aromatic nitrogens is 1. The summed E-state index contributed by atoms with van der Waals surface area (Å²) in [5, 5.41) is 0. The normalized spacial score (nSPS) is 12.1. The molecule has 9 rings (SSSR count). The van der Waals surface area contributed by atoms with Crippen molar-refractivity contribution >= 4 is 11.8 Å². The average molecular weight is 670 g/mol. The van der Waals surface area contributed by atoms with Crippen LogP contribution in [0.5, 0.6) is 0 Å². The van der Waals surface area contributed by atoms with Crippen LogP contribution in [0.2, 0.25) is 0 Å². The smallest absolute Gasteiger partial charge is 0.0715 e. The van der Waals surface area contributed by atoms with Gasteiger partial charge >= 0.3 is 0 Å². The van der Waals surface area contributed by atoms with E-state index < -0.39 is 0 Å². The first-order valence-electron chi connectivity index (χ1n) is 17.5. The van der Waals surface area contributed by atoms with Crippen LogP contribution in [0.4, 0.5) is 0 Å². The van der Waals surface area contributed by atoms with E-state index in [-0.39, 0.29) is 0 Å².